The highest BCUT2D eigenvalue weighted by atomic mass is 31.2. The van der Waals surface area contributed by atoms with Gasteiger partial charge in [0.2, 0.25) is 0 Å². The molecule has 4 radical (unpaired) electrons. The van der Waals surface area contributed by atoms with Crippen LogP contribution in [0.15, 0.2) is 60.7 Å². The van der Waals surface area contributed by atoms with Crippen molar-refractivity contribution in [2.45, 2.75) is 51.9 Å². The minimum atomic E-state index is -2.06. The van der Waals surface area contributed by atoms with Gasteiger partial charge in [-0.1, -0.05) is 36.4 Å². The van der Waals surface area contributed by atoms with E-state index in [1.165, 1.54) is 0 Å². The van der Waals surface area contributed by atoms with Gasteiger partial charge >= 0.3 is 15.1 Å². The first-order valence-electron chi connectivity index (χ1n) is 10.4. The molecule has 2 aromatic rings. The molecule has 0 fully saturated rings. The van der Waals surface area contributed by atoms with E-state index in [1.54, 1.807) is 0 Å². The first-order valence-corrected chi connectivity index (χ1v) is 14.5. The van der Waals surface area contributed by atoms with Gasteiger partial charge in [-0.25, -0.2) is 0 Å². The molecule has 0 heterocycles. The van der Waals surface area contributed by atoms with Gasteiger partial charge in [0.05, 0.1) is 34.0 Å². The molecule has 0 aliphatic carbocycles. The van der Waals surface area contributed by atoms with Crippen LogP contribution < -0.4 is 0 Å². The third-order valence-corrected chi connectivity index (χ3v) is 13.6. The lowest BCUT2D eigenvalue weighted by atomic mass is 10.2. The molecule has 2 aromatic carbocycles. The summed E-state index contributed by atoms with van der Waals surface area (Å²) in [6.07, 6.45) is 1.64. The van der Waals surface area contributed by atoms with Crippen molar-refractivity contribution in [2.24, 2.45) is 0 Å². The van der Waals surface area contributed by atoms with E-state index >= 15 is 0 Å². The second-order valence-corrected chi connectivity index (χ2v) is 17.2. The molecule has 0 N–H and O–H groups in total. The minimum Gasteiger partial charge on any atom is -0.0622 e. The van der Waals surface area contributed by atoms with Crippen LogP contribution in [0.25, 0.3) is 0 Å². The highest BCUT2D eigenvalue weighted by Crippen LogP contribution is 2.70. The number of hydrogen-bond donors (Lipinski definition) is 0. The Morgan fingerprint density at radius 1 is 0.600 bits per heavy atom. The van der Waals surface area contributed by atoms with E-state index in [1.807, 2.05) is 60.7 Å². The van der Waals surface area contributed by atoms with E-state index in [-0.39, 0.29) is 10.3 Å². The van der Waals surface area contributed by atoms with Gasteiger partial charge in [0.15, 0.2) is 0 Å². The van der Waals surface area contributed by atoms with E-state index in [0.717, 1.165) is 23.5 Å². The Hall–Kier alpha value is -1.45. The van der Waals surface area contributed by atoms with Gasteiger partial charge < -0.3 is 0 Å². The van der Waals surface area contributed by atoms with Crippen LogP contribution >= 0.6 is 14.3 Å². The topological polar surface area (TPSA) is 0 Å². The van der Waals surface area contributed by atoms with Gasteiger partial charge in [-0.3, -0.25) is 0 Å². The number of benzene rings is 2. The monoisotopic (exact) mass is 428 g/mol. The van der Waals surface area contributed by atoms with E-state index in [9.17, 15) is 0 Å². The Balaban J connectivity index is 2.34. The fraction of sp³-hybridized carbons (Fsp3) is 0.385. The SMILES string of the molecule is [B][P+](C#Cc1ccccc1)(CC[P+]([B])(C#Cc1ccccc1)C(C)(C)C)C(C)(C)C. The summed E-state index contributed by atoms with van der Waals surface area (Å²) in [6, 6.07) is 20.1. The average molecular weight is 428 g/mol. The predicted octanol–water partition coefficient (Wildman–Crippen LogP) is 6.80. The Morgan fingerprint density at radius 3 is 1.17 bits per heavy atom. The molecular formula is C26H32B2P2+2. The number of hydrogen-bond acceptors (Lipinski definition) is 0. The third-order valence-electron chi connectivity index (χ3n) is 5.55. The molecule has 30 heavy (non-hydrogen) atoms. The van der Waals surface area contributed by atoms with Crippen LogP contribution in [-0.4, -0.2) is 37.8 Å². The Morgan fingerprint density at radius 2 is 0.900 bits per heavy atom. The Kier molecular flexibility index (Phi) is 8.09. The molecule has 0 aliphatic rings. The van der Waals surface area contributed by atoms with Gasteiger partial charge in [0, 0.05) is 25.4 Å². The molecule has 0 aromatic heterocycles. The molecule has 150 valence electrons. The molecule has 0 bridgehead atoms. The molecule has 2 atom stereocenters. The van der Waals surface area contributed by atoms with E-state index in [0.29, 0.717) is 0 Å². The fourth-order valence-electron chi connectivity index (χ4n) is 2.81. The Bertz CT molecular complexity index is 870. The lowest BCUT2D eigenvalue weighted by molar-refractivity contribution is 0.777. The van der Waals surface area contributed by atoms with E-state index in [4.69, 9.17) is 15.1 Å². The summed E-state index contributed by atoms with van der Waals surface area (Å²) < 4.78 is 0. The first kappa shape index (κ1) is 24.8. The smallest absolute Gasteiger partial charge is 0.0622 e. The predicted molar refractivity (Wildman–Crippen MR) is 141 cm³/mol. The largest absolute Gasteiger partial charge is 0.381 e. The van der Waals surface area contributed by atoms with Gasteiger partial charge in [-0.15, -0.1) is 0 Å². The van der Waals surface area contributed by atoms with Crippen molar-refractivity contribution in [3.63, 3.8) is 0 Å². The van der Waals surface area contributed by atoms with Crippen LogP contribution in [-0.2, 0) is 0 Å². The van der Waals surface area contributed by atoms with E-state index < -0.39 is 14.3 Å². The molecule has 0 aliphatic heterocycles. The van der Waals surface area contributed by atoms with Crippen molar-refractivity contribution in [3.05, 3.63) is 71.8 Å². The maximum atomic E-state index is 7.03. The standard InChI is InChI=1S/C26H32B2P2/c1-25(2,3)29(27,19-17-23-13-9-7-10-14-23)21-22-30(28,26(4,5)6)20-18-24-15-11-8-12-16-24/h7-16H,21-22H2,1-6H3/q+2. The lowest BCUT2D eigenvalue weighted by Crippen LogP contribution is -2.28. The summed E-state index contributed by atoms with van der Waals surface area (Å²) in [4.78, 5) is 0. The fourth-order valence-corrected chi connectivity index (χ4v) is 8.22. The molecule has 0 nitrogen and oxygen atoms in total. The molecule has 0 saturated carbocycles. The lowest BCUT2D eigenvalue weighted by Gasteiger charge is -2.35. The first-order chi connectivity index (χ1) is 13.9. The average Bonchev–Trinajstić information content (AvgIpc) is 2.69. The summed E-state index contributed by atoms with van der Waals surface area (Å²) in [5, 5.41) is -0.158. The third kappa shape index (κ3) is 6.52. The highest BCUT2D eigenvalue weighted by Gasteiger charge is 2.50. The quantitative estimate of drug-likeness (QED) is 0.287. The summed E-state index contributed by atoms with van der Waals surface area (Å²) in [5.41, 5.74) is 9.02. The summed E-state index contributed by atoms with van der Waals surface area (Å²) >= 11 is 0. The zero-order valence-electron chi connectivity index (χ0n) is 19.2. The zero-order valence-corrected chi connectivity index (χ0v) is 21.0. The van der Waals surface area contributed by atoms with Crippen molar-refractivity contribution in [3.8, 4) is 23.2 Å². The minimum absolute atomic E-state index is 0.0790. The molecule has 0 spiro atoms. The van der Waals surface area contributed by atoms with Gasteiger partial charge in [0.25, 0.3) is 0 Å². The number of rotatable bonds is 3. The van der Waals surface area contributed by atoms with Crippen molar-refractivity contribution in [2.75, 3.05) is 12.3 Å². The zero-order chi connectivity index (χ0) is 22.5. The van der Waals surface area contributed by atoms with Gasteiger partial charge in [0.1, 0.15) is 0 Å². The maximum Gasteiger partial charge on any atom is 0.381 e. The van der Waals surface area contributed by atoms with Crippen LogP contribution in [0.2, 0.25) is 0 Å². The van der Waals surface area contributed by atoms with Crippen molar-refractivity contribution in [1.82, 2.24) is 0 Å². The van der Waals surface area contributed by atoms with Crippen LogP contribution in [0, 0.1) is 23.2 Å². The van der Waals surface area contributed by atoms with Crippen LogP contribution in [0.5, 0.6) is 0 Å². The Labute approximate surface area is 188 Å². The van der Waals surface area contributed by atoms with Crippen molar-refractivity contribution in [1.29, 1.82) is 0 Å². The molecule has 0 amide bonds. The molecule has 2 rings (SSSR count). The molecule has 0 saturated heterocycles. The van der Waals surface area contributed by atoms with Gasteiger partial charge in [-0.2, -0.15) is 0 Å². The molecule has 4 heteroatoms. The second-order valence-electron chi connectivity index (χ2n) is 9.73. The van der Waals surface area contributed by atoms with Crippen LogP contribution in [0.3, 0.4) is 0 Å². The van der Waals surface area contributed by atoms with Crippen molar-refractivity contribution < 1.29 is 0 Å². The normalized spacial score (nSPS) is 15.5. The highest BCUT2D eigenvalue weighted by molar-refractivity contribution is 8.05. The molecule has 2 unspecified atom stereocenters. The van der Waals surface area contributed by atoms with Crippen LogP contribution in [0.1, 0.15) is 52.7 Å². The molecular weight excluding hydrogens is 396 g/mol. The van der Waals surface area contributed by atoms with Gasteiger partial charge in [-0.05, 0) is 77.6 Å². The summed E-state index contributed by atoms with van der Waals surface area (Å²) in [7, 11) is 9.94. The van der Waals surface area contributed by atoms with E-state index in [2.05, 4.69) is 64.7 Å². The van der Waals surface area contributed by atoms with Crippen molar-refractivity contribution >= 4 is 29.4 Å². The van der Waals surface area contributed by atoms with Crippen LogP contribution in [0.4, 0.5) is 0 Å². The summed E-state index contributed by atoms with van der Waals surface area (Å²) in [5.74, 6) is 6.67. The second kappa shape index (κ2) is 9.78. The maximum absolute atomic E-state index is 7.03. The summed E-state index contributed by atoms with van der Waals surface area (Å²) in [6.45, 7) is 13.2.